The van der Waals surface area contributed by atoms with Crippen LogP contribution in [0.4, 0.5) is 0 Å². The third-order valence-electron chi connectivity index (χ3n) is 4.17. The molecule has 0 heterocycles. The summed E-state index contributed by atoms with van der Waals surface area (Å²) in [5.41, 5.74) is 5.92. The van der Waals surface area contributed by atoms with Crippen LogP contribution in [0, 0.1) is 16.7 Å². The lowest BCUT2D eigenvalue weighted by Crippen LogP contribution is -2.54. The zero-order valence-electron chi connectivity index (χ0n) is 12.0. The second kappa shape index (κ2) is 4.56. The molecule has 2 nitrogen and oxygen atoms in total. The van der Waals surface area contributed by atoms with Crippen molar-refractivity contribution in [3.8, 4) is 0 Å². The van der Waals surface area contributed by atoms with Gasteiger partial charge in [-0.05, 0) is 25.2 Å². The Kier molecular flexibility index (Phi) is 4.49. The zero-order valence-corrected chi connectivity index (χ0v) is 12.7. The van der Waals surface area contributed by atoms with Crippen molar-refractivity contribution in [3.05, 3.63) is 0 Å². The quantitative estimate of drug-likeness (QED) is 0.461. The Hall–Kier alpha value is -0.240. The van der Waals surface area contributed by atoms with Crippen molar-refractivity contribution in [1.29, 1.82) is 0 Å². The summed E-state index contributed by atoms with van der Waals surface area (Å²) >= 11 is 6.55. The van der Waals surface area contributed by atoms with Gasteiger partial charge in [0.2, 0.25) is 0 Å². The van der Waals surface area contributed by atoms with Crippen LogP contribution in [0.25, 0.3) is 0 Å². The largest absolute Gasteiger partial charge is 0.387 e. The average Bonchev–Trinajstić information content (AvgIpc) is 2.10. The molecule has 0 saturated carbocycles. The first-order valence-corrected chi connectivity index (χ1v) is 6.18. The molecule has 3 heteroatoms. The average molecular weight is 247 g/mol. The van der Waals surface area contributed by atoms with E-state index >= 15 is 0 Å². The molecule has 0 aliphatic rings. The van der Waals surface area contributed by atoms with Crippen molar-refractivity contribution in [2.24, 2.45) is 27.5 Å². The van der Waals surface area contributed by atoms with Gasteiger partial charge < -0.3 is 5.73 Å². The highest BCUT2D eigenvalue weighted by atomic mass is 35.5. The van der Waals surface area contributed by atoms with E-state index in [1.807, 2.05) is 13.8 Å². The van der Waals surface area contributed by atoms with Crippen LogP contribution >= 0.6 is 11.6 Å². The van der Waals surface area contributed by atoms with Crippen LogP contribution < -0.4 is 5.73 Å². The van der Waals surface area contributed by atoms with Crippen LogP contribution in [0.5, 0.6) is 0 Å². The van der Waals surface area contributed by atoms with E-state index in [9.17, 15) is 0 Å². The molecule has 0 aromatic carbocycles. The molecule has 0 rings (SSSR count). The van der Waals surface area contributed by atoms with Gasteiger partial charge in [-0.2, -0.15) is 0 Å². The van der Waals surface area contributed by atoms with Crippen LogP contribution in [-0.4, -0.2) is 17.8 Å². The summed E-state index contributed by atoms with van der Waals surface area (Å²) in [7, 11) is 1.73. The summed E-state index contributed by atoms with van der Waals surface area (Å²) in [6.07, 6.45) is 0. The van der Waals surface area contributed by atoms with E-state index in [0.29, 0.717) is 11.8 Å². The van der Waals surface area contributed by atoms with Crippen molar-refractivity contribution in [2.75, 3.05) is 7.05 Å². The Morgan fingerprint density at radius 1 is 1.12 bits per heavy atom. The summed E-state index contributed by atoms with van der Waals surface area (Å²) in [6.45, 7) is 15.0. The van der Waals surface area contributed by atoms with Gasteiger partial charge in [0.15, 0.2) is 0 Å². The molecule has 16 heavy (non-hydrogen) atoms. The van der Waals surface area contributed by atoms with E-state index in [1.165, 1.54) is 0 Å². The maximum atomic E-state index is 6.55. The number of rotatable bonds is 3. The van der Waals surface area contributed by atoms with E-state index in [2.05, 4.69) is 39.6 Å². The van der Waals surface area contributed by atoms with Gasteiger partial charge in [-0.1, -0.05) is 34.6 Å². The fraction of sp³-hybridized carbons (Fsp3) is 0.923. The van der Waals surface area contributed by atoms with Crippen LogP contribution in [0.2, 0.25) is 0 Å². The Morgan fingerprint density at radius 2 is 1.50 bits per heavy atom. The van der Waals surface area contributed by atoms with Gasteiger partial charge in [0.25, 0.3) is 0 Å². The normalized spacial score (nSPS) is 20.4. The molecule has 2 unspecified atom stereocenters. The maximum absolute atomic E-state index is 6.55. The summed E-state index contributed by atoms with van der Waals surface area (Å²) in [5, 5.41) is 0. The zero-order chi connectivity index (χ0) is 13.4. The van der Waals surface area contributed by atoms with Gasteiger partial charge in [0, 0.05) is 12.5 Å². The summed E-state index contributed by atoms with van der Waals surface area (Å²) in [6, 6.07) is 0. The van der Waals surface area contributed by atoms with E-state index in [1.54, 1.807) is 7.05 Å². The van der Waals surface area contributed by atoms with Crippen LogP contribution in [0.1, 0.15) is 48.5 Å². The lowest BCUT2D eigenvalue weighted by molar-refractivity contribution is 0.115. The van der Waals surface area contributed by atoms with E-state index in [-0.39, 0.29) is 10.8 Å². The van der Waals surface area contributed by atoms with Crippen molar-refractivity contribution in [3.63, 3.8) is 0 Å². The Balaban J connectivity index is 5.62. The molecular formula is C13H27ClN2. The Morgan fingerprint density at radius 3 is 1.69 bits per heavy atom. The lowest BCUT2D eigenvalue weighted by Gasteiger charge is -2.49. The monoisotopic (exact) mass is 246 g/mol. The number of hydrogen-bond acceptors (Lipinski definition) is 1. The first-order chi connectivity index (χ1) is 6.89. The minimum absolute atomic E-state index is 0.135. The minimum Gasteiger partial charge on any atom is -0.387 e. The van der Waals surface area contributed by atoms with Crippen molar-refractivity contribution >= 4 is 17.4 Å². The molecule has 0 fully saturated rings. The second-order valence-electron chi connectivity index (χ2n) is 6.37. The number of aliphatic imine (C=N–C) groups is 1. The SMILES string of the molecule is CN=C(N)C(C)(C(C)C(C)(C)C)C(C)(C)Cl. The van der Waals surface area contributed by atoms with Gasteiger partial charge in [-0.3, -0.25) is 4.99 Å². The minimum atomic E-state index is -0.427. The standard InChI is InChI=1S/C13H27ClN2/c1-9(11(2,3)4)13(7,10(15)16-8)12(5,6)14/h9H,1-8H3,(H2,15,16). The maximum Gasteiger partial charge on any atom is 0.101 e. The molecule has 2 atom stereocenters. The summed E-state index contributed by atoms with van der Waals surface area (Å²) < 4.78 is 0. The fourth-order valence-corrected chi connectivity index (χ4v) is 2.40. The van der Waals surface area contributed by atoms with Crippen molar-refractivity contribution < 1.29 is 0 Å². The predicted molar refractivity (Wildman–Crippen MR) is 74.2 cm³/mol. The highest BCUT2D eigenvalue weighted by Crippen LogP contribution is 2.49. The second-order valence-corrected chi connectivity index (χ2v) is 7.32. The topological polar surface area (TPSA) is 38.4 Å². The highest BCUT2D eigenvalue weighted by Gasteiger charge is 2.50. The molecule has 0 amide bonds. The third kappa shape index (κ3) is 2.71. The number of alkyl halides is 1. The smallest absolute Gasteiger partial charge is 0.101 e. The van der Waals surface area contributed by atoms with E-state index in [4.69, 9.17) is 17.3 Å². The molecular weight excluding hydrogens is 220 g/mol. The van der Waals surface area contributed by atoms with E-state index < -0.39 is 4.87 Å². The van der Waals surface area contributed by atoms with Crippen LogP contribution in [-0.2, 0) is 0 Å². The Labute approximate surface area is 106 Å². The van der Waals surface area contributed by atoms with Gasteiger partial charge >= 0.3 is 0 Å². The predicted octanol–water partition coefficient (Wildman–Crippen LogP) is 3.68. The number of halogens is 1. The molecule has 0 spiro atoms. The molecule has 2 N–H and O–H groups in total. The highest BCUT2D eigenvalue weighted by molar-refractivity contribution is 6.25. The fourth-order valence-electron chi connectivity index (χ4n) is 2.14. The van der Waals surface area contributed by atoms with Gasteiger partial charge in [-0.15, -0.1) is 11.6 Å². The number of hydrogen-bond donors (Lipinski definition) is 1. The lowest BCUT2D eigenvalue weighted by atomic mass is 9.60. The number of amidine groups is 1. The summed E-state index contributed by atoms with van der Waals surface area (Å²) in [4.78, 5) is 3.74. The molecule has 0 radical (unpaired) electrons. The molecule has 0 saturated heterocycles. The number of nitrogens with zero attached hydrogens (tertiary/aromatic N) is 1. The molecule has 96 valence electrons. The molecule has 0 aromatic heterocycles. The van der Waals surface area contributed by atoms with Gasteiger partial charge in [-0.25, -0.2) is 0 Å². The van der Waals surface area contributed by atoms with Crippen molar-refractivity contribution in [1.82, 2.24) is 0 Å². The van der Waals surface area contributed by atoms with Crippen LogP contribution in [0.15, 0.2) is 4.99 Å². The van der Waals surface area contributed by atoms with E-state index in [0.717, 1.165) is 0 Å². The molecule has 0 aromatic rings. The van der Waals surface area contributed by atoms with Crippen molar-refractivity contribution in [2.45, 2.75) is 53.3 Å². The first-order valence-electron chi connectivity index (χ1n) is 5.80. The van der Waals surface area contributed by atoms with Crippen LogP contribution in [0.3, 0.4) is 0 Å². The first kappa shape index (κ1) is 15.8. The molecule has 0 aliphatic heterocycles. The van der Waals surface area contributed by atoms with Gasteiger partial charge in [0.05, 0.1) is 4.87 Å². The van der Waals surface area contributed by atoms with Gasteiger partial charge in [0.1, 0.15) is 5.84 Å². The molecule has 0 aliphatic carbocycles. The Bertz CT molecular complexity index is 271. The number of nitrogens with two attached hydrogens (primary N) is 1. The summed E-state index contributed by atoms with van der Waals surface area (Å²) in [5.74, 6) is 0.964. The third-order valence-corrected chi connectivity index (χ3v) is 4.57. The molecule has 0 bridgehead atoms.